The van der Waals surface area contributed by atoms with Crippen LogP contribution >= 0.6 is 0 Å². The molecule has 114 valence electrons. The number of rotatable bonds is 4. The van der Waals surface area contributed by atoms with Gasteiger partial charge >= 0.3 is 0 Å². The van der Waals surface area contributed by atoms with E-state index in [2.05, 4.69) is 5.32 Å². The van der Waals surface area contributed by atoms with Gasteiger partial charge in [-0.15, -0.1) is 0 Å². The smallest absolute Gasteiger partial charge is 0.225 e. The second-order valence-corrected chi connectivity index (χ2v) is 6.10. The zero-order valence-corrected chi connectivity index (χ0v) is 12.2. The normalized spacial score (nSPS) is 23.5. The highest BCUT2D eigenvalue weighted by atomic mass is 16.3. The molecule has 0 aromatic carbocycles. The van der Waals surface area contributed by atoms with Crippen LogP contribution in [0, 0.1) is 5.92 Å². The van der Waals surface area contributed by atoms with Crippen molar-refractivity contribution in [3.05, 3.63) is 24.2 Å². The van der Waals surface area contributed by atoms with E-state index in [4.69, 9.17) is 4.42 Å². The lowest BCUT2D eigenvalue weighted by atomic mass is 9.95. The number of carbonyl (C=O) groups excluding carboxylic acids is 2. The molecule has 1 aliphatic heterocycles. The number of amides is 2. The summed E-state index contributed by atoms with van der Waals surface area (Å²) in [6.07, 6.45) is 7.72. The summed E-state index contributed by atoms with van der Waals surface area (Å²) in [4.78, 5) is 26.0. The van der Waals surface area contributed by atoms with Gasteiger partial charge in [-0.3, -0.25) is 9.59 Å². The summed E-state index contributed by atoms with van der Waals surface area (Å²) >= 11 is 0. The highest BCUT2D eigenvalue weighted by Gasteiger charge is 2.35. The Hall–Kier alpha value is -1.78. The highest BCUT2D eigenvalue weighted by Crippen LogP contribution is 2.22. The molecule has 0 radical (unpaired) electrons. The minimum absolute atomic E-state index is 0.0372. The molecule has 2 fully saturated rings. The van der Waals surface area contributed by atoms with Crippen LogP contribution in [0.4, 0.5) is 0 Å². The van der Waals surface area contributed by atoms with E-state index in [-0.39, 0.29) is 17.7 Å². The second kappa shape index (κ2) is 6.33. The highest BCUT2D eigenvalue weighted by molar-refractivity contribution is 5.89. The van der Waals surface area contributed by atoms with E-state index in [1.54, 1.807) is 11.2 Å². The third-order valence-electron chi connectivity index (χ3n) is 4.46. The molecule has 2 amide bonds. The van der Waals surface area contributed by atoms with Gasteiger partial charge in [-0.25, -0.2) is 0 Å². The van der Waals surface area contributed by atoms with Gasteiger partial charge < -0.3 is 14.6 Å². The molecule has 1 aromatic rings. The summed E-state index contributed by atoms with van der Waals surface area (Å²) in [7, 11) is 0. The second-order valence-electron chi connectivity index (χ2n) is 6.10. The zero-order valence-electron chi connectivity index (χ0n) is 12.2. The molecule has 1 unspecified atom stereocenters. The number of hydrogen-bond acceptors (Lipinski definition) is 3. The first-order valence-corrected chi connectivity index (χ1v) is 7.83. The van der Waals surface area contributed by atoms with Crippen LogP contribution in [-0.2, 0) is 16.1 Å². The molecule has 0 spiro atoms. The zero-order chi connectivity index (χ0) is 14.7. The predicted octanol–water partition coefficient (Wildman–Crippen LogP) is 2.08. The van der Waals surface area contributed by atoms with Crippen molar-refractivity contribution in [2.45, 2.75) is 51.1 Å². The molecular weight excluding hydrogens is 268 g/mol. The van der Waals surface area contributed by atoms with Crippen LogP contribution in [0.2, 0.25) is 0 Å². The molecule has 1 aromatic heterocycles. The summed E-state index contributed by atoms with van der Waals surface area (Å²) in [6.45, 7) is 0.955. The number of likely N-dealkylation sites (tertiary alicyclic amines) is 1. The van der Waals surface area contributed by atoms with Crippen molar-refractivity contribution >= 4 is 11.8 Å². The summed E-state index contributed by atoms with van der Waals surface area (Å²) in [5.74, 6) is 0.624. The van der Waals surface area contributed by atoms with Gasteiger partial charge in [0.1, 0.15) is 5.76 Å². The molecule has 1 aliphatic carbocycles. The van der Waals surface area contributed by atoms with E-state index < -0.39 is 0 Å². The Labute approximate surface area is 124 Å². The lowest BCUT2D eigenvalue weighted by Gasteiger charge is -2.24. The van der Waals surface area contributed by atoms with E-state index in [0.29, 0.717) is 25.6 Å². The standard InChI is InChI=1S/C16H22N2O3/c19-15-9-12(10-18(15)11-14-7-4-8-21-14)16(20)17-13-5-2-1-3-6-13/h4,7-8,12-13H,1-3,5-6,9-11H2,(H,17,20). The van der Waals surface area contributed by atoms with Crippen molar-refractivity contribution in [2.24, 2.45) is 5.92 Å². The number of nitrogens with one attached hydrogen (secondary N) is 1. The topological polar surface area (TPSA) is 62.6 Å². The van der Waals surface area contributed by atoms with Gasteiger partial charge in [0.2, 0.25) is 11.8 Å². The molecule has 5 heteroatoms. The van der Waals surface area contributed by atoms with Gasteiger partial charge in [0.15, 0.2) is 0 Å². The number of furan rings is 1. The molecule has 5 nitrogen and oxygen atoms in total. The van der Waals surface area contributed by atoms with E-state index in [1.807, 2.05) is 12.1 Å². The average Bonchev–Trinajstić information content (AvgIpc) is 3.11. The molecule has 3 rings (SSSR count). The summed E-state index contributed by atoms with van der Waals surface area (Å²) in [6, 6.07) is 3.96. The molecule has 1 saturated heterocycles. The lowest BCUT2D eigenvalue weighted by Crippen LogP contribution is -2.40. The molecule has 1 saturated carbocycles. The SMILES string of the molecule is O=C(NC1CCCCC1)C1CC(=O)N(Cc2ccco2)C1. The van der Waals surface area contributed by atoms with Crippen molar-refractivity contribution in [1.82, 2.24) is 10.2 Å². The average molecular weight is 290 g/mol. The van der Waals surface area contributed by atoms with Crippen LogP contribution in [0.25, 0.3) is 0 Å². The summed E-state index contributed by atoms with van der Waals surface area (Å²) < 4.78 is 5.27. The molecule has 1 N–H and O–H groups in total. The van der Waals surface area contributed by atoms with Gasteiger partial charge in [0.05, 0.1) is 18.7 Å². The Kier molecular flexibility index (Phi) is 4.27. The Morgan fingerprint density at radius 3 is 2.86 bits per heavy atom. The Bertz CT molecular complexity index is 492. The minimum Gasteiger partial charge on any atom is -0.467 e. The van der Waals surface area contributed by atoms with E-state index in [0.717, 1.165) is 18.6 Å². The van der Waals surface area contributed by atoms with Crippen LogP contribution in [0.1, 0.15) is 44.3 Å². The Balaban J connectivity index is 1.52. The summed E-state index contributed by atoms with van der Waals surface area (Å²) in [5.41, 5.74) is 0. The molecular formula is C16H22N2O3. The molecule has 1 atom stereocenters. The number of carbonyl (C=O) groups is 2. The van der Waals surface area contributed by atoms with Gasteiger partial charge in [-0.05, 0) is 25.0 Å². The fourth-order valence-corrected chi connectivity index (χ4v) is 3.26. The minimum atomic E-state index is -0.214. The fourth-order valence-electron chi connectivity index (χ4n) is 3.26. The van der Waals surface area contributed by atoms with Gasteiger partial charge in [-0.1, -0.05) is 19.3 Å². The predicted molar refractivity (Wildman–Crippen MR) is 77.2 cm³/mol. The van der Waals surface area contributed by atoms with Crippen LogP contribution in [0.3, 0.4) is 0 Å². The van der Waals surface area contributed by atoms with Gasteiger partial charge in [0, 0.05) is 19.0 Å². The first kappa shape index (κ1) is 14.2. The van der Waals surface area contributed by atoms with Crippen LogP contribution in [0.5, 0.6) is 0 Å². The molecule has 2 heterocycles. The number of hydrogen-bond donors (Lipinski definition) is 1. The molecule has 2 aliphatic rings. The maximum atomic E-state index is 12.3. The lowest BCUT2D eigenvalue weighted by molar-refractivity contribution is -0.129. The molecule has 0 bridgehead atoms. The first-order chi connectivity index (χ1) is 10.2. The molecule has 21 heavy (non-hydrogen) atoms. The van der Waals surface area contributed by atoms with Crippen molar-refractivity contribution < 1.29 is 14.0 Å². The van der Waals surface area contributed by atoms with Crippen LogP contribution in [0.15, 0.2) is 22.8 Å². The quantitative estimate of drug-likeness (QED) is 0.923. The van der Waals surface area contributed by atoms with Crippen molar-refractivity contribution in [1.29, 1.82) is 0 Å². The van der Waals surface area contributed by atoms with Crippen LogP contribution < -0.4 is 5.32 Å². The van der Waals surface area contributed by atoms with E-state index >= 15 is 0 Å². The Morgan fingerprint density at radius 2 is 2.14 bits per heavy atom. The van der Waals surface area contributed by atoms with Gasteiger partial charge in [0.25, 0.3) is 0 Å². The van der Waals surface area contributed by atoms with Crippen molar-refractivity contribution in [3.63, 3.8) is 0 Å². The van der Waals surface area contributed by atoms with E-state index in [9.17, 15) is 9.59 Å². The maximum Gasteiger partial charge on any atom is 0.225 e. The van der Waals surface area contributed by atoms with Crippen LogP contribution in [-0.4, -0.2) is 29.3 Å². The van der Waals surface area contributed by atoms with Crippen molar-refractivity contribution in [3.8, 4) is 0 Å². The third-order valence-corrected chi connectivity index (χ3v) is 4.46. The maximum absolute atomic E-state index is 12.3. The number of nitrogens with zero attached hydrogens (tertiary/aromatic N) is 1. The van der Waals surface area contributed by atoms with E-state index in [1.165, 1.54) is 19.3 Å². The third kappa shape index (κ3) is 3.46. The largest absolute Gasteiger partial charge is 0.467 e. The van der Waals surface area contributed by atoms with Crippen molar-refractivity contribution in [2.75, 3.05) is 6.54 Å². The first-order valence-electron chi connectivity index (χ1n) is 7.83. The Morgan fingerprint density at radius 1 is 1.33 bits per heavy atom. The van der Waals surface area contributed by atoms with Gasteiger partial charge in [-0.2, -0.15) is 0 Å². The fraction of sp³-hybridized carbons (Fsp3) is 0.625. The summed E-state index contributed by atoms with van der Waals surface area (Å²) in [5, 5.41) is 3.12. The monoisotopic (exact) mass is 290 g/mol.